The molecule has 3 aromatic rings. The number of halogens is 1. The minimum absolute atomic E-state index is 0.101. The summed E-state index contributed by atoms with van der Waals surface area (Å²) in [6.45, 7) is 3.73. The van der Waals surface area contributed by atoms with E-state index in [1.165, 1.54) is 44.8 Å². The molecule has 0 radical (unpaired) electrons. The first-order chi connectivity index (χ1) is 15.3. The van der Waals surface area contributed by atoms with E-state index in [1.807, 2.05) is 13.0 Å². The number of carbonyl (C=O) groups is 2. The minimum Gasteiger partial charge on any atom is -0.493 e. The third kappa shape index (κ3) is 4.58. The lowest BCUT2D eigenvalue weighted by Gasteiger charge is -2.12. The number of hydrogen-bond acceptors (Lipinski definition) is 7. The summed E-state index contributed by atoms with van der Waals surface area (Å²) in [6.07, 6.45) is 0. The van der Waals surface area contributed by atoms with Crippen molar-refractivity contribution in [2.24, 2.45) is 4.99 Å². The molecule has 1 aromatic heterocycles. The molecule has 32 heavy (non-hydrogen) atoms. The largest absolute Gasteiger partial charge is 0.493 e. The van der Waals surface area contributed by atoms with Crippen molar-refractivity contribution in [3.8, 4) is 17.2 Å². The third-order valence-electron chi connectivity index (χ3n) is 4.73. The van der Waals surface area contributed by atoms with E-state index in [1.54, 1.807) is 17.6 Å². The van der Waals surface area contributed by atoms with E-state index in [2.05, 4.69) is 4.99 Å². The predicted octanol–water partition coefficient (Wildman–Crippen LogP) is 3.99. The molecule has 10 heteroatoms. The molecule has 3 rings (SSSR count). The first-order valence-corrected chi connectivity index (χ1v) is 10.9. The molecule has 1 amide bonds. The number of amides is 1. The molecule has 0 unspecified atom stereocenters. The molecular formula is C22H23ClN2O6S. The van der Waals surface area contributed by atoms with Crippen LogP contribution in [0.5, 0.6) is 17.2 Å². The molecule has 170 valence electrons. The van der Waals surface area contributed by atoms with E-state index < -0.39 is 11.9 Å². The average Bonchev–Trinajstić information content (AvgIpc) is 3.12. The van der Waals surface area contributed by atoms with Gasteiger partial charge in [0, 0.05) is 10.6 Å². The van der Waals surface area contributed by atoms with Gasteiger partial charge in [0.2, 0.25) is 5.75 Å². The summed E-state index contributed by atoms with van der Waals surface area (Å²) in [7, 11) is 4.41. The monoisotopic (exact) mass is 478 g/mol. The molecule has 0 bridgehead atoms. The van der Waals surface area contributed by atoms with E-state index in [9.17, 15) is 9.59 Å². The Bertz CT molecular complexity index is 1220. The van der Waals surface area contributed by atoms with E-state index >= 15 is 0 Å². The lowest BCUT2D eigenvalue weighted by molar-refractivity contribution is -0.143. The summed E-state index contributed by atoms with van der Waals surface area (Å²) in [5.74, 6) is 0.0778. The number of carbonyl (C=O) groups excluding carboxylic acids is 2. The quantitative estimate of drug-likeness (QED) is 0.477. The molecule has 1 heterocycles. The van der Waals surface area contributed by atoms with Gasteiger partial charge >= 0.3 is 5.97 Å². The van der Waals surface area contributed by atoms with Crippen LogP contribution in [0.4, 0.5) is 0 Å². The van der Waals surface area contributed by atoms with Gasteiger partial charge in [-0.3, -0.25) is 9.59 Å². The molecule has 0 aliphatic carbocycles. The van der Waals surface area contributed by atoms with Gasteiger partial charge in [0.15, 0.2) is 16.3 Å². The second-order valence-corrected chi connectivity index (χ2v) is 8.04. The molecule has 0 N–H and O–H groups in total. The van der Waals surface area contributed by atoms with Crippen LogP contribution < -0.4 is 19.0 Å². The van der Waals surface area contributed by atoms with Gasteiger partial charge in [-0.25, -0.2) is 0 Å². The van der Waals surface area contributed by atoms with Gasteiger partial charge in [0.05, 0.1) is 38.2 Å². The van der Waals surface area contributed by atoms with Crippen LogP contribution in [0.3, 0.4) is 0 Å². The number of esters is 1. The number of benzene rings is 2. The normalized spacial score (nSPS) is 11.5. The topological polar surface area (TPSA) is 88.4 Å². The van der Waals surface area contributed by atoms with Gasteiger partial charge in [0.25, 0.3) is 5.91 Å². The molecule has 0 atom stereocenters. The molecule has 0 saturated heterocycles. The predicted molar refractivity (Wildman–Crippen MR) is 122 cm³/mol. The van der Waals surface area contributed by atoms with Gasteiger partial charge in [0.1, 0.15) is 6.54 Å². The highest BCUT2D eigenvalue weighted by Gasteiger charge is 2.19. The summed E-state index contributed by atoms with van der Waals surface area (Å²) in [5, 5.41) is 0.551. The average molecular weight is 479 g/mol. The van der Waals surface area contributed by atoms with Crippen LogP contribution in [0.2, 0.25) is 5.02 Å². The maximum absolute atomic E-state index is 13.1. The highest BCUT2D eigenvalue weighted by atomic mass is 35.5. The molecule has 0 aliphatic heterocycles. The zero-order valence-corrected chi connectivity index (χ0v) is 19.9. The Kier molecular flexibility index (Phi) is 7.42. The maximum Gasteiger partial charge on any atom is 0.326 e. The number of thiazole rings is 1. The van der Waals surface area contributed by atoms with Gasteiger partial charge < -0.3 is 23.5 Å². The Morgan fingerprint density at radius 2 is 1.75 bits per heavy atom. The molecule has 2 aromatic carbocycles. The van der Waals surface area contributed by atoms with Crippen LogP contribution in [-0.4, -0.2) is 44.4 Å². The molecule has 0 spiro atoms. The fourth-order valence-corrected chi connectivity index (χ4v) is 4.48. The minimum atomic E-state index is -0.530. The van der Waals surface area contributed by atoms with E-state index in [0.29, 0.717) is 27.1 Å². The molecule has 8 nitrogen and oxygen atoms in total. The van der Waals surface area contributed by atoms with Crippen LogP contribution >= 0.6 is 22.9 Å². The standard InChI is InChI=1S/C22H23ClN2O6S/c1-6-31-18(26)11-25-19-12(2)14(23)7-8-17(19)32-22(25)24-21(27)13-9-15(28-3)20(30-5)16(10-13)29-4/h7-10H,6,11H2,1-5H3. The number of rotatable bonds is 7. The number of aromatic nitrogens is 1. The number of hydrogen-bond donors (Lipinski definition) is 0. The Morgan fingerprint density at radius 3 is 2.31 bits per heavy atom. The molecule has 0 aliphatic rings. The highest BCUT2D eigenvalue weighted by Crippen LogP contribution is 2.38. The molecule has 0 saturated carbocycles. The van der Waals surface area contributed by atoms with E-state index in [4.69, 9.17) is 30.5 Å². The van der Waals surface area contributed by atoms with Crippen molar-refractivity contribution >= 4 is 45.0 Å². The van der Waals surface area contributed by atoms with Crippen molar-refractivity contribution in [2.45, 2.75) is 20.4 Å². The summed E-state index contributed by atoms with van der Waals surface area (Å²) in [6, 6.07) is 6.66. The van der Waals surface area contributed by atoms with Crippen LogP contribution in [0, 0.1) is 6.92 Å². The second-order valence-electron chi connectivity index (χ2n) is 6.63. The van der Waals surface area contributed by atoms with Crippen molar-refractivity contribution in [3.63, 3.8) is 0 Å². The number of ether oxygens (including phenoxy) is 4. The smallest absolute Gasteiger partial charge is 0.326 e. The van der Waals surface area contributed by atoms with Gasteiger partial charge in [-0.05, 0) is 43.7 Å². The van der Waals surface area contributed by atoms with E-state index in [0.717, 1.165) is 15.8 Å². The number of fused-ring (bicyclic) bond motifs is 1. The number of aryl methyl sites for hydroxylation is 1. The second kappa shape index (κ2) is 10.1. The molecule has 0 fully saturated rings. The summed E-state index contributed by atoms with van der Waals surface area (Å²) in [5.41, 5.74) is 1.76. The van der Waals surface area contributed by atoms with Crippen molar-refractivity contribution < 1.29 is 28.5 Å². The van der Waals surface area contributed by atoms with Crippen LogP contribution in [-0.2, 0) is 16.1 Å². The summed E-state index contributed by atoms with van der Waals surface area (Å²) < 4.78 is 23.5. The Labute approximate surface area is 194 Å². The Hall–Kier alpha value is -3.04. The number of nitrogens with zero attached hydrogens (tertiary/aromatic N) is 2. The maximum atomic E-state index is 13.1. The fraction of sp³-hybridized carbons (Fsp3) is 0.318. The van der Waals surface area contributed by atoms with Crippen LogP contribution in [0.15, 0.2) is 29.3 Å². The number of methoxy groups -OCH3 is 3. The first kappa shape index (κ1) is 23.6. The lowest BCUT2D eigenvalue weighted by Crippen LogP contribution is -2.23. The Morgan fingerprint density at radius 1 is 1.09 bits per heavy atom. The summed E-state index contributed by atoms with van der Waals surface area (Å²) in [4.78, 5) is 30.0. The lowest BCUT2D eigenvalue weighted by atomic mass is 10.1. The zero-order chi connectivity index (χ0) is 23.4. The zero-order valence-electron chi connectivity index (χ0n) is 18.4. The first-order valence-electron chi connectivity index (χ1n) is 9.67. The van der Waals surface area contributed by atoms with Crippen LogP contribution in [0.25, 0.3) is 10.2 Å². The van der Waals surface area contributed by atoms with Crippen molar-refractivity contribution in [2.75, 3.05) is 27.9 Å². The van der Waals surface area contributed by atoms with Gasteiger partial charge in [-0.2, -0.15) is 4.99 Å². The van der Waals surface area contributed by atoms with Gasteiger partial charge in [-0.1, -0.05) is 22.9 Å². The Balaban J connectivity index is 2.18. The van der Waals surface area contributed by atoms with Crippen molar-refractivity contribution in [1.29, 1.82) is 0 Å². The van der Waals surface area contributed by atoms with Crippen molar-refractivity contribution in [3.05, 3.63) is 45.2 Å². The molecular weight excluding hydrogens is 456 g/mol. The van der Waals surface area contributed by atoms with Gasteiger partial charge in [-0.15, -0.1) is 0 Å². The SMILES string of the molecule is CCOC(=O)Cn1c(=NC(=O)c2cc(OC)c(OC)c(OC)c2)sc2ccc(Cl)c(C)c21. The fourth-order valence-electron chi connectivity index (χ4n) is 3.24. The van der Waals surface area contributed by atoms with Crippen molar-refractivity contribution in [1.82, 2.24) is 4.57 Å². The highest BCUT2D eigenvalue weighted by molar-refractivity contribution is 7.16. The third-order valence-corrected chi connectivity index (χ3v) is 6.18. The van der Waals surface area contributed by atoms with Crippen LogP contribution in [0.1, 0.15) is 22.8 Å². The van der Waals surface area contributed by atoms with E-state index in [-0.39, 0.29) is 18.7 Å². The summed E-state index contributed by atoms with van der Waals surface area (Å²) >= 11 is 7.58.